The fourth-order valence-electron chi connectivity index (χ4n) is 3.20. The third-order valence-electron chi connectivity index (χ3n) is 5.07. The highest BCUT2D eigenvalue weighted by Crippen LogP contribution is 2.29. The third kappa shape index (κ3) is 9.57. The molecule has 4 rings (SSSR count). The number of hydrogen-bond donors (Lipinski definition) is 4. The van der Waals surface area contributed by atoms with Crippen LogP contribution in [0.1, 0.15) is 25.7 Å². The van der Waals surface area contributed by atoms with Crippen LogP contribution in [0.3, 0.4) is 0 Å². The molecule has 15 heteroatoms. The molecule has 1 aromatic heterocycles. The highest BCUT2D eigenvalue weighted by Gasteiger charge is 2.38. The number of benzene rings is 3. The fraction of sp³-hybridized carbons (Fsp3) is 0.148. The molecule has 6 N–H and O–H groups in total. The number of hydrogen-bond acceptors (Lipinski definition) is 8. The van der Waals surface area contributed by atoms with Gasteiger partial charge in [0.15, 0.2) is 5.01 Å². The third-order valence-corrected chi connectivity index (χ3v) is 6.11. The zero-order valence-electron chi connectivity index (χ0n) is 21.9. The van der Waals surface area contributed by atoms with E-state index in [1.807, 2.05) is 24.3 Å². The van der Waals surface area contributed by atoms with Crippen molar-refractivity contribution in [3.05, 3.63) is 88.9 Å². The number of aliphatic carboxylic acids is 2. The highest BCUT2D eigenvalue weighted by molar-refractivity contribution is 7.20. The van der Waals surface area contributed by atoms with Crippen molar-refractivity contribution in [2.75, 3.05) is 18.6 Å². The molecule has 4 aromatic rings. The van der Waals surface area contributed by atoms with Gasteiger partial charge in [0.2, 0.25) is 0 Å². The standard InChI is InChI=1S/C16H16N2O3.C9H8N2O2S.C2HF3O2/c17-10-12-5-4-6-13(9-12)16(21)18(11-15(19)20)14-7-2-1-3-8-14;1-13-5-3-2-4-6-7(5)11-9(14-6)8(10)12;3-2(4,5)1(6)7/h1-9H,10-11,17H2,(H,19,20);2-4H,1H3,(H2,10,12);(H,6,7). The summed E-state index contributed by atoms with van der Waals surface area (Å²) in [6.07, 6.45) is -5.08. The molecular formula is C27H25F3N4O7S. The molecule has 0 aliphatic carbocycles. The van der Waals surface area contributed by atoms with Gasteiger partial charge >= 0.3 is 18.1 Å². The van der Waals surface area contributed by atoms with Gasteiger partial charge in [-0.25, -0.2) is 9.78 Å². The summed E-state index contributed by atoms with van der Waals surface area (Å²) in [7, 11) is 1.57. The number of nitrogens with two attached hydrogens (primary N) is 2. The second-order valence-electron chi connectivity index (χ2n) is 8.02. The Bertz CT molecular complexity index is 1550. The largest absolute Gasteiger partial charge is 0.494 e. The molecule has 0 fully saturated rings. The molecule has 1 heterocycles. The van der Waals surface area contributed by atoms with Gasteiger partial charge in [0, 0.05) is 17.8 Å². The van der Waals surface area contributed by atoms with Gasteiger partial charge in [-0.05, 0) is 42.0 Å². The molecule has 0 spiro atoms. The lowest BCUT2D eigenvalue weighted by Gasteiger charge is -2.21. The minimum atomic E-state index is -5.08. The van der Waals surface area contributed by atoms with Gasteiger partial charge in [-0.15, -0.1) is 11.3 Å². The maximum absolute atomic E-state index is 12.6. The summed E-state index contributed by atoms with van der Waals surface area (Å²) in [6.45, 7) is -0.0684. The van der Waals surface area contributed by atoms with Crippen LogP contribution >= 0.6 is 11.3 Å². The number of anilines is 1. The van der Waals surface area contributed by atoms with E-state index in [2.05, 4.69) is 4.98 Å². The Labute approximate surface area is 240 Å². The minimum Gasteiger partial charge on any atom is -0.494 e. The first kappa shape index (κ1) is 33.2. The van der Waals surface area contributed by atoms with Crippen LogP contribution in [-0.2, 0) is 16.1 Å². The monoisotopic (exact) mass is 606 g/mol. The fourth-order valence-corrected chi connectivity index (χ4v) is 4.04. The molecule has 3 aromatic carbocycles. The lowest BCUT2D eigenvalue weighted by molar-refractivity contribution is -0.192. The van der Waals surface area contributed by atoms with E-state index >= 15 is 0 Å². The summed E-state index contributed by atoms with van der Waals surface area (Å²) in [5, 5.41) is 16.5. The van der Waals surface area contributed by atoms with Gasteiger partial charge in [0.25, 0.3) is 11.8 Å². The number of para-hydroxylation sites is 2. The lowest BCUT2D eigenvalue weighted by Crippen LogP contribution is -2.35. The van der Waals surface area contributed by atoms with E-state index in [1.54, 1.807) is 55.6 Å². The zero-order chi connectivity index (χ0) is 31.4. The number of carbonyl (C=O) groups is 4. The van der Waals surface area contributed by atoms with Gasteiger partial charge in [0.1, 0.15) is 17.8 Å². The second kappa shape index (κ2) is 15.1. The molecule has 2 amide bonds. The molecule has 0 aliphatic heterocycles. The number of ether oxygens (including phenoxy) is 1. The van der Waals surface area contributed by atoms with Crippen LogP contribution in [0.5, 0.6) is 5.75 Å². The normalized spacial score (nSPS) is 10.4. The number of methoxy groups -OCH3 is 1. The Kier molecular flexibility index (Phi) is 11.9. The van der Waals surface area contributed by atoms with Crippen LogP contribution in [0.15, 0.2) is 72.8 Å². The second-order valence-corrected chi connectivity index (χ2v) is 9.05. The van der Waals surface area contributed by atoms with Crippen LogP contribution in [0.25, 0.3) is 10.2 Å². The number of carbonyl (C=O) groups excluding carboxylic acids is 2. The van der Waals surface area contributed by atoms with Crippen LogP contribution in [0, 0.1) is 0 Å². The highest BCUT2D eigenvalue weighted by atomic mass is 32.1. The first-order valence-corrected chi connectivity index (χ1v) is 12.5. The van der Waals surface area contributed by atoms with Crippen molar-refractivity contribution in [1.29, 1.82) is 0 Å². The molecule has 0 radical (unpaired) electrons. The van der Waals surface area contributed by atoms with Gasteiger partial charge in [0.05, 0.1) is 11.8 Å². The number of carboxylic acid groups (broad SMARTS) is 2. The molecule has 42 heavy (non-hydrogen) atoms. The van der Waals surface area contributed by atoms with E-state index < -0.39 is 30.6 Å². The van der Waals surface area contributed by atoms with Gasteiger partial charge in [-0.3, -0.25) is 19.3 Å². The molecule has 0 saturated heterocycles. The first-order valence-electron chi connectivity index (χ1n) is 11.7. The van der Waals surface area contributed by atoms with Crippen molar-refractivity contribution >= 4 is 51.0 Å². The van der Waals surface area contributed by atoms with Gasteiger partial charge in [-0.2, -0.15) is 13.2 Å². The van der Waals surface area contributed by atoms with Crippen LogP contribution in [0.2, 0.25) is 0 Å². The van der Waals surface area contributed by atoms with E-state index in [0.29, 0.717) is 34.1 Å². The van der Waals surface area contributed by atoms with E-state index in [1.165, 1.54) is 16.2 Å². The summed E-state index contributed by atoms with van der Waals surface area (Å²) >= 11 is 1.27. The number of thiazole rings is 1. The maximum Gasteiger partial charge on any atom is 0.490 e. The van der Waals surface area contributed by atoms with Crippen molar-refractivity contribution in [3.63, 3.8) is 0 Å². The molecule has 0 bridgehead atoms. The summed E-state index contributed by atoms with van der Waals surface area (Å²) in [5.41, 5.74) is 13.2. The Hall–Kier alpha value is -5.02. The van der Waals surface area contributed by atoms with Crippen molar-refractivity contribution in [1.82, 2.24) is 4.98 Å². The molecule has 0 unspecified atom stereocenters. The predicted molar refractivity (Wildman–Crippen MR) is 148 cm³/mol. The Morgan fingerprint density at radius 1 is 0.976 bits per heavy atom. The van der Waals surface area contributed by atoms with Crippen molar-refractivity contribution in [2.45, 2.75) is 12.7 Å². The number of amides is 2. The summed E-state index contributed by atoms with van der Waals surface area (Å²) in [6, 6.07) is 21.1. The number of alkyl halides is 3. The molecule has 222 valence electrons. The SMILES string of the molecule is COc1cccc2sc(C(N)=O)nc12.NCc1cccc(C(=O)N(CC(=O)O)c2ccccc2)c1.O=C(O)C(F)(F)F. The van der Waals surface area contributed by atoms with E-state index in [9.17, 15) is 27.6 Å². The first-order chi connectivity index (χ1) is 19.8. The van der Waals surface area contributed by atoms with Crippen molar-refractivity contribution < 1.29 is 47.3 Å². The van der Waals surface area contributed by atoms with Gasteiger partial charge < -0.3 is 26.4 Å². The summed E-state index contributed by atoms with van der Waals surface area (Å²) in [4.78, 5) is 48.7. The summed E-state index contributed by atoms with van der Waals surface area (Å²) < 4.78 is 37.7. The zero-order valence-corrected chi connectivity index (χ0v) is 22.7. The lowest BCUT2D eigenvalue weighted by atomic mass is 10.1. The number of primary amides is 1. The Morgan fingerprint density at radius 2 is 1.60 bits per heavy atom. The smallest absolute Gasteiger partial charge is 0.490 e. The van der Waals surface area contributed by atoms with Gasteiger partial charge in [-0.1, -0.05) is 36.4 Å². The predicted octanol–water partition coefficient (Wildman–Crippen LogP) is 3.91. The van der Waals surface area contributed by atoms with Crippen LogP contribution < -0.4 is 21.1 Å². The summed E-state index contributed by atoms with van der Waals surface area (Å²) in [5.74, 6) is -4.03. The number of carboxylic acids is 2. The van der Waals surface area contributed by atoms with E-state index in [0.717, 1.165) is 10.3 Å². The van der Waals surface area contributed by atoms with E-state index in [4.69, 9.17) is 31.2 Å². The molecule has 11 nitrogen and oxygen atoms in total. The molecule has 0 aliphatic rings. The average molecular weight is 607 g/mol. The number of aromatic nitrogens is 1. The quantitative estimate of drug-likeness (QED) is 0.242. The average Bonchev–Trinajstić information content (AvgIpc) is 3.41. The van der Waals surface area contributed by atoms with Crippen molar-refractivity contribution in [3.8, 4) is 5.75 Å². The molecular weight excluding hydrogens is 581 g/mol. The molecule has 0 saturated carbocycles. The number of halogens is 3. The Morgan fingerprint density at radius 3 is 2.12 bits per heavy atom. The number of nitrogens with zero attached hydrogens (tertiary/aromatic N) is 2. The molecule has 0 atom stereocenters. The van der Waals surface area contributed by atoms with E-state index in [-0.39, 0.29) is 5.91 Å². The number of fused-ring (bicyclic) bond motifs is 1. The number of rotatable bonds is 7. The minimum absolute atomic E-state index is 0.310. The Balaban J connectivity index is 0.000000252. The van der Waals surface area contributed by atoms with Crippen LogP contribution in [-0.4, -0.2) is 58.8 Å². The van der Waals surface area contributed by atoms with Crippen LogP contribution in [0.4, 0.5) is 18.9 Å². The maximum atomic E-state index is 12.6. The topological polar surface area (TPSA) is 186 Å². The van der Waals surface area contributed by atoms with Crippen molar-refractivity contribution in [2.24, 2.45) is 11.5 Å².